The molecule has 2 bridgehead atoms. The summed E-state index contributed by atoms with van der Waals surface area (Å²) in [4.78, 5) is 18.4. The van der Waals surface area contributed by atoms with Crippen molar-refractivity contribution in [3.63, 3.8) is 0 Å². The maximum absolute atomic E-state index is 12.1. The van der Waals surface area contributed by atoms with Gasteiger partial charge in [0.1, 0.15) is 0 Å². The van der Waals surface area contributed by atoms with Crippen molar-refractivity contribution in [1.82, 2.24) is 14.5 Å². The van der Waals surface area contributed by atoms with E-state index in [1.165, 1.54) is 0 Å². The molecule has 2 aromatic heterocycles. The largest absolute Gasteiger partial charge is 0.348 e. The second-order valence-corrected chi connectivity index (χ2v) is 6.66. The quantitative estimate of drug-likeness (QED) is 0.813. The van der Waals surface area contributed by atoms with E-state index in [2.05, 4.69) is 21.3 Å². The molecule has 0 amide bonds. The summed E-state index contributed by atoms with van der Waals surface area (Å²) in [5.74, 6) is 0.833. The van der Waals surface area contributed by atoms with E-state index in [9.17, 15) is 4.79 Å². The first kappa shape index (κ1) is 14.4. The summed E-state index contributed by atoms with van der Waals surface area (Å²) in [6, 6.07) is 9.43. The van der Waals surface area contributed by atoms with Crippen LogP contribution >= 0.6 is 12.2 Å². The summed E-state index contributed by atoms with van der Waals surface area (Å²) in [5, 5.41) is 4.00. The molecule has 0 aliphatic carbocycles. The average Bonchev–Trinajstić information content (AvgIpc) is 2.57. The van der Waals surface area contributed by atoms with E-state index in [0.717, 1.165) is 42.5 Å². The smallest absolute Gasteiger partial charge is 0.250 e. The molecule has 118 valence electrons. The molecule has 2 aliphatic rings. The molecule has 2 aromatic rings. The summed E-state index contributed by atoms with van der Waals surface area (Å²) in [6.07, 6.45) is 4.65. The van der Waals surface area contributed by atoms with Gasteiger partial charge >= 0.3 is 0 Å². The van der Waals surface area contributed by atoms with Gasteiger partial charge in [0.25, 0.3) is 5.56 Å². The fraction of sp³-hybridized carbons (Fsp3) is 0.353. The minimum absolute atomic E-state index is 0.113. The molecule has 0 aromatic carbocycles. The van der Waals surface area contributed by atoms with Crippen molar-refractivity contribution in [3.05, 3.63) is 58.8 Å². The first-order valence-corrected chi connectivity index (χ1v) is 8.27. The minimum Gasteiger partial charge on any atom is -0.348 e. The fourth-order valence-corrected chi connectivity index (χ4v) is 3.97. The van der Waals surface area contributed by atoms with Crippen LogP contribution in [-0.2, 0) is 6.54 Å². The Kier molecular flexibility index (Phi) is 3.61. The molecule has 2 aliphatic heterocycles. The van der Waals surface area contributed by atoms with E-state index in [1.54, 1.807) is 18.5 Å². The Hall–Kier alpha value is -2.21. The van der Waals surface area contributed by atoms with Gasteiger partial charge in [0.15, 0.2) is 5.11 Å². The number of nitrogens with one attached hydrogen (secondary N) is 1. The van der Waals surface area contributed by atoms with Crippen molar-refractivity contribution in [2.75, 3.05) is 18.4 Å². The lowest BCUT2D eigenvalue weighted by Gasteiger charge is -2.43. The summed E-state index contributed by atoms with van der Waals surface area (Å²) >= 11 is 5.58. The molecule has 0 saturated carbocycles. The highest BCUT2D eigenvalue weighted by Crippen LogP contribution is 2.35. The lowest BCUT2D eigenvalue weighted by Crippen LogP contribution is -2.50. The molecule has 1 saturated heterocycles. The van der Waals surface area contributed by atoms with Gasteiger partial charge in [0, 0.05) is 43.5 Å². The highest BCUT2D eigenvalue weighted by atomic mass is 32.1. The van der Waals surface area contributed by atoms with Crippen LogP contribution in [0.1, 0.15) is 18.0 Å². The molecule has 1 N–H and O–H groups in total. The van der Waals surface area contributed by atoms with Gasteiger partial charge < -0.3 is 14.8 Å². The molecule has 0 radical (unpaired) electrons. The van der Waals surface area contributed by atoms with Crippen LogP contribution in [-0.4, -0.2) is 32.7 Å². The summed E-state index contributed by atoms with van der Waals surface area (Å²) < 4.78 is 1.94. The van der Waals surface area contributed by atoms with Crippen LogP contribution in [0.3, 0.4) is 0 Å². The van der Waals surface area contributed by atoms with Crippen molar-refractivity contribution < 1.29 is 0 Å². The molecule has 5 nitrogen and oxygen atoms in total. The summed E-state index contributed by atoms with van der Waals surface area (Å²) in [7, 11) is 0. The lowest BCUT2D eigenvalue weighted by molar-refractivity contribution is 0.180. The van der Waals surface area contributed by atoms with Gasteiger partial charge in [0.05, 0.1) is 11.9 Å². The number of hydrogen-bond acceptors (Lipinski definition) is 3. The van der Waals surface area contributed by atoms with Crippen LogP contribution in [0.25, 0.3) is 0 Å². The standard InChI is InChI=1S/C17H18N4OS/c22-16-5-1-4-15-13-7-12(10-21(15)16)9-20(11-13)17(23)19-14-3-2-6-18-8-14/h1-6,8,12-13H,7,9-11H2,(H,19,23)/t12-,13+/m1/s1. The molecule has 2 atom stereocenters. The Morgan fingerprint density at radius 2 is 2.13 bits per heavy atom. The number of rotatable bonds is 1. The van der Waals surface area contributed by atoms with Gasteiger partial charge in [-0.15, -0.1) is 0 Å². The van der Waals surface area contributed by atoms with Crippen molar-refractivity contribution in [2.45, 2.75) is 18.9 Å². The van der Waals surface area contributed by atoms with Crippen LogP contribution in [0.2, 0.25) is 0 Å². The molecule has 1 fully saturated rings. The summed E-state index contributed by atoms with van der Waals surface area (Å²) in [6.45, 7) is 2.53. The highest BCUT2D eigenvalue weighted by molar-refractivity contribution is 7.80. The normalized spacial score (nSPS) is 22.3. The van der Waals surface area contributed by atoms with E-state index >= 15 is 0 Å². The van der Waals surface area contributed by atoms with Crippen LogP contribution in [0.4, 0.5) is 5.69 Å². The van der Waals surface area contributed by atoms with E-state index < -0.39 is 0 Å². The van der Waals surface area contributed by atoms with Gasteiger partial charge in [-0.1, -0.05) is 6.07 Å². The van der Waals surface area contributed by atoms with E-state index in [4.69, 9.17) is 12.2 Å². The number of hydrogen-bond donors (Lipinski definition) is 1. The zero-order valence-corrected chi connectivity index (χ0v) is 13.5. The molecule has 0 spiro atoms. The average molecular weight is 326 g/mol. The number of thiocarbonyl (C=S) groups is 1. The lowest BCUT2D eigenvalue weighted by atomic mass is 9.83. The number of pyridine rings is 2. The van der Waals surface area contributed by atoms with Gasteiger partial charge in [-0.25, -0.2) is 0 Å². The third-order valence-corrected chi connectivity index (χ3v) is 5.04. The predicted octanol–water partition coefficient (Wildman–Crippen LogP) is 2.06. The van der Waals surface area contributed by atoms with E-state index in [1.807, 2.05) is 22.8 Å². The van der Waals surface area contributed by atoms with E-state index in [-0.39, 0.29) is 5.56 Å². The second kappa shape index (κ2) is 5.77. The van der Waals surface area contributed by atoms with Crippen LogP contribution in [0, 0.1) is 5.92 Å². The Bertz CT molecular complexity index is 789. The summed E-state index contributed by atoms with van der Waals surface area (Å²) in [5.41, 5.74) is 2.16. The van der Waals surface area contributed by atoms with Crippen LogP contribution in [0.15, 0.2) is 47.5 Å². The first-order chi connectivity index (χ1) is 11.2. The number of nitrogens with zero attached hydrogens (tertiary/aromatic N) is 3. The second-order valence-electron chi connectivity index (χ2n) is 6.27. The topological polar surface area (TPSA) is 50.2 Å². The zero-order chi connectivity index (χ0) is 15.8. The Morgan fingerprint density at radius 1 is 1.22 bits per heavy atom. The highest BCUT2D eigenvalue weighted by Gasteiger charge is 2.35. The molecule has 0 unspecified atom stereocenters. The van der Waals surface area contributed by atoms with Crippen molar-refractivity contribution in [3.8, 4) is 0 Å². The van der Waals surface area contributed by atoms with Gasteiger partial charge in [-0.2, -0.15) is 0 Å². The molecular formula is C17H18N4OS. The van der Waals surface area contributed by atoms with Gasteiger partial charge in [0.2, 0.25) is 0 Å². The maximum Gasteiger partial charge on any atom is 0.250 e. The number of aromatic nitrogens is 2. The van der Waals surface area contributed by atoms with Crippen molar-refractivity contribution >= 4 is 23.0 Å². The zero-order valence-electron chi connectivity index (χ0n) is 12.7. The molecule has 4 heterocycles. The van der Waals surface area contributed by atoms with Crippen molar-refractivity contribution in [2.24, 2.45) is 5.92 Å². The Labute approximate surface area is 140 Å². The predicted molar refractivity (Wildman–Crippen MR) is 93.6 cm³/mol. The Morgan fingerprint density at radius 3 is 2.96 bits per heavy atom. The first-order valence-electron chi connectivity index (χ1n) is 7.86. The third-order valence-electron chi connectivity index (χ3n) is 4.68. The van der Waals surface area contributed by atoms with Gasteiger partial charge in [-0.3, -0.25) is 9.78 Å². The van der Waals surface area contributed by atoms with Gasteiger partial charge in [-0.05, 0) is 42.8 Å². The maximum atomic E-state index is 12.1. The molecular weight excluding hydrogens is 308 g/mol. The number of anilines is 1. The van der Waals surface area contributed by atoms with E-state index in [0.29, 0.717) is 11.8 Å². The minimum atomic E-state index is 0.113. The Balaban J connectivity index is 1.54. The number of fused-ring (bicyclic) bond motifs is 4. The van der Waals surface area contributed by atoms with Crippen LogP contribution in [0.5, 0.6) is 0 Å². The van der Waals surface area contributed by atoms with Crippen molar-refractivity contribution in [1.29, 1.82) is 0 Å². The third kappa shape index (κ3) is 2.74. The molecule has 6 heteroatoms. The molecule has 23 heavy (non-hydrogen) atoms. The monoisotopic (exact) mass is 326 g/mol. The van der Waals surface area contributed by atoms with Crippen LogP contribution < -0.4 is 10.9 Å². The SMILES string of the molecule is O=c1cccc2n1C[C@@H]1C[C@H]2CN(C(=S)Nc2cccnc2)C1. The number of likely N-dealkylation sites (tertiary alicyclic amines) is 1. The molecule has 4 rings (SSSR count). The fourth-order valence-electron chi connectivity index (χ4n) is 3.70. The number of piperidine rings is 1.